The average Bonchev–Trinajstić information content (AvgIpc) is 2.85. The standard InChI is InChI=1S/C20H38N2O6.C3H4O.C2H6/c1-18-4-7-22(8-5-18)20(24)6-10-25-12-14-27-16-17-28-15-13-26-11-9-21(3)19(2)23;1-2-3-4;1-2/h18H,4-17H2,1-3H3;2-3H,1H2;1-2H3. The van der Waals surface area contributed by atoms with Gasteiger partial charge in [-0.25, -0.2) is 0 Å². The van der Waals surface area contributed by atoms with E-state index in [0.717, 1.165) is 31.8 Å². The van der Waals surface area contributed by atoms with E-state index in [-0.39, 0.29) is 11.8 Å². The van der Waals surface area contributed by atoms with Crippen LogP contribution in [0.5, 0.6) is 0 Å². The van der Waals surface area contributed by atoms with E-state index in [1.165, 1.54) is 13.0 Å². The molecule has 0 N–H and O–H groups in total. The Bertz CT molecular complexity index is 503. The van der Waals surface area contributed by atoms with Gasteiger partial charge in [0.25, 0.3) is 0 Å². The van der Waals surface area contributed by atoms with Gasteiger partial charge in [-0.2, -0.15) is 0 Å². The summed E-state index contributed by atoms with van der Waals surface area (Å²) in [7, 11) is 1.75. The molecule has 1 rings (SSSR count). The third-order valence-corrected chi connectivity index (χ3v) is 4.92. The van der Waals surface area contributed by atoms with Crippen LogP contribution in [0.25, 0.3) is 0 Å². The molecule has 0 aromatic heterocycles. The Morgan fingerprint density at radius 1 is 0.912 bits per heavy atom. The minimum absolute atomic E-state index is 0.0317. The summed E-state index contributed by atoms with van der Waals surface area (Å²) in [5.74, 6) is 0.953. The van der Waals surface area contributed by atoms with Gasteiger partial charge in [-0.15, -0.1) is 0 Å². The average molecular weight is 489 g/mol. The summed E-state index contributed by atoms with van der Waals surface area (Å²) in [6.07, 6.45) is 4.48. The molecule has 2 amide bonds. The Hall–Kier alpha value is -1.81. The number of carbonyl (C=O) groups is 3. The van der Waals surface area contributed by atoms with Crippen molar-refractivity contribution in [1.82, 2.24) is 9.80 Å². The highest BCUT2D eigenvalue weighted by Gasteiger charge is 2.19. The molecule has 34 heavy (non-hydrogen) atoms. The molecule has 1 saturated heterocycles. The number of hydrogen-bond acceptors (Lipinski definition) is 7. The van der Waals surface area contributed by atoms with Crippen LogP contribution >= 0.6 is 0 Å². The van der Waals surface area contributed by atoms with Gasteiger partial charge in [-0.3, -0.25) is 14.4 Å². The fraction of sp³-hybridized carbons (Fsp3) is 0.800. The molecule has 1 heterocycles. The van der Waals surface area contributed by atoms with Crippen molar-refractivity contribution < 1.29 is 33.3 Å². The second-order valence-corrected chi connectivity index (χ2v) is 7.58. The number of allylic oxidation sites excluding steroid dienone is 1. The third kappa shape index (κ3) is 22.0. The van der Waals surface area contributed by atoms with Crippen molar-refractivity contribution in [1.29, 1.82) is 0 Å². The van der Waals surface area contributed by atoms with E-state index in [9.17, 15) is 9.59 Å². The second kappa shape index (κ2) is 25.8. The topological polar surface area (TPSA) is 94.6 Å². The van der Waals surface area contributed by atoms with Crippen LogP contribution in [0.4, 0.5) is 0 Å². The predicted octanol–water partition coefficient (Wildman–Crippen LogP) is 2.58. The Balaban J connectivity index is 0. The van der Waals surface area contributed by atoms with E-state index in [4.69, 9.17) is 23.7 Å². The van der Waals surface area contributed by atoms with Crippen molar-refractivity contribution in [2.75, 3.05) is 79.5 Å². The maximum absolute atomic E-state index is 12.0. The van der Waals surface area contributed by atoms with Crippen LogP contribution in [-0.4, -0.2) is 107 Å². The molecule has 0 atom stereocenters. The molecule has 0 unspecified atom stereocenters. The number of hydrogen-bond donors (Lipinski definition) is 0. The van der Waals surface area contributed by atoms with Crippen LogP contribution in [0.15, 0.2) is 12.7 Å². The van der Waals surface area contributed by atoms with Crippen LogP contribution in [0.1, 0.15) is 47.0 Å². The van der Waals surface area contributed by atoms with E-state index >= 15 is 0 Å². The lowest BCUT2D eigenvalue weighted by atomic mass is 9.99. The van der Waals surface area contributed by atoms with Crippen LogP contribution < -0.4 is 0 Å². The summed E-state index contributed by atoms with van der Waals surface area (Å²) in [6, 6.07) is 0. The molecular formula is C25H48N2O7. The van der Waals surface area contributed by atoms with Crippen LogP contribution in [0.2, 0.25) is 0 Å². The molecule has 0 saturated carbocycles. The van der Waals surface area contributed by atoms with Gasteiger partial charge >= 0.3 is 0 Å². The fourth-order valence-electron chi connectivity index (χ4n) is 2.70. The monoisotopic (exact) mass is 488 g/mol. The van der Waals surface area contributed by atoms with E-state index in [2.05, 4.69) is 13.5 Å². The maximum atomic E-state index is 12.0. The summed E-state index contributed by atoms with van der Waals surface area (Å²) in [5, 5.41) is 0. The fourth-order valence-corrected chi connectivity index (χ4v) is 2.70. The number of likely N-dealkylation sites (N-methyl/N-ethyl adjacent to an activating group) is 1. The van der Waals surface area contributed by atoms with Gasteiger partial charge in [-0.1, -0.05) is 27.4 Å². The molecule has 1 aliphatic rings. The Morgan fingerprint density at radius 3 is 1.74 bits per heavy atom. The lowest BCUT2D eigenvalue weighted by Crippen LogP contribution is -2.38. The molecule has 1 aliphatic heterocycles. The largest absolute Gasteiger partial charge is 0.379 e. The molecule has 0 aliphatic carbocycles. The summed E-state index contributed by atoms with van der Waals surface area (Å²) in [4.78, 5) is 35.7. The summed E-state index contributed by atoms with van der Waals surface area (Å²) in [6.45, 7) is 17.2. The highest BCUT2D eigenvalue weighted by Crippen LogP contribution is 2.16. The first-order chi connectivity index (χ1) is 16.4. The Morgan fingerprint density at radius 2 is 1.32 bits per heavy atom. The molecule has 200 valence electrons. The van der Waals surface area contributed by atoms with Crippen molar-refractivity contribution in [2.45, 2.75) is 47.0 Å². The summed E-state index contributed by atoms with van der Waals surface area (Å²) in [5.41, 5.74) is 0. The number of nitrogens with zero attached hydrogens (tertiary/aromatic N) is 2. The first kappa shape index (κ1) is 34.4. The highest BCUT2D eigenvalue weighted by atomic mass is 16.6. The van der Waals surface area contributed by atoms with E-state index in [1.54, 1.807) is 11.9 Å². The first-order valence-electron chi connectivity index (χ1n) is 12.3. The van der Waals surface area contributed by atoms with Crippen molar-refractivity contribution in [3.63, 3.8) is 0 Å². The number of aldehydes is 1. The van der Waals surface area contributed by atoms with Crippen molar-refractivity contribution in [3.05, 3.63) is 12.7 Å². The van der Waals surface area contributed by atoms with Gasteiger partial charge in [0, 0.05) is 33.6 Å². The first-order valence-corrected chi connectivity index (χ1v) is 12.3. The number of rotatable bonds is 16. The smallest absolute Gasteiger partial charge is 0.224 e. The van der Waals surface area contributed by atoms with Gasteiger partial charge < -0.3 is 28.7 Å². The minimum Gasteiger partial charge on any atom is -0.379 e. The number of amides is 2. The molecule has 0 radical (unpaired) electrons. The molecule has 9 nitrogen and oxygen atoms in total. The number of ether oxygens (including phenoxy) is 4. The third-order valence-electron chi connectivity index (χ3n) is 4.92. The lowest BCUT2D eigenvalue weighted by Gasteiger charge is -2.30. The zero-order chi connectivity index (χ0) is 26.0. The molecule has 0 bridgehead atoms. The number of carbonyl (C=O) groups excluding carboxylic acids is 3. The molecule has 0 spiro atoms. The Kier molecular flexibility index (Phi) is 26.1. The second-order valence-electron chi connectivity index (χ2n) is 7.58. The molecule has 9 heteroatoms. The zero-order valence-electron chi connectivity index (χ0n) is 22.1. The van der Waals surface area contributed by atoms with E-state index in [1.807, 2.05) is 18.7 Å². The summed E-state index contributed by atoms with van der Waals surface area (Å²) < 4.78 is 21.7. The van der Waals surface area contributed by atoms with Crippen molar-refractivity contribution >= 4 is 18.1 Å². The quantitative estimate of drug-likeness (QED) is 0.187. The van der Waals surface area contributed by atoms with Gasteiger partial charge in [0.05, 0.1) is 59.3 Å². The van der Waals surface area contributed by atoms with Crippen molar-refractivity contribution in [3.8, 4) is 0 Å². The van der Waals surface area contributed by atoms with Crippen molar-refractivity contribution in [2.24, 2.45) is 5.92 Å². The molecule has 0 aromatic carbocycles. The van der Waals surface area contributed by atoms with Gasteiger partial charge in [0.2, 0.25) is 11.8 Å². The minimum atomic E-state index is 0.0317. The molecular weight excluding hydrogens is 440 g/mol. The van der Waals surface area contributed by atoms with Crippen LogP contribution in [0, 0.1) is 5.92 Å². The Labute approximate surface area is 206 Å². The molecule has 0 aromatic rings. The normalized spacial score (nSPS) is 13.1. The van der Waals surface area contributed by atoms with Crippen LogP contribution in [0.3, 0.4) is 0 Å². The lowest BCUT2D eigenvalue weighted by molar-refractivity contribution is -0.133. The number of piperidine rings is 1. The summed E-state index contributed by atoms with van der Waals surface area (Å²) >= 11 is 0. The van der Waals surface area contributed by atoms with E-state index < -0.39 is 0 Å². The zero-order valence-corrected chi connectivity index (χ0v) is 22.1. The van der Waals surface area contributed by atoms with Crippen LogP contribution in [-0.2, 0) is 33.3 Å². The molecule has 1 fully saturated rings. The highest BCUT2D eigenvalue weighted by molar-refractivity contribution is 5.76. The maximum Gasteiger partial charge on any atom is 0.224 e. The van der Waals surface area contributed by atoms with E-state index in [0.29, 0.717) is 72.1 Å². The van der Waals surface area contributed by atoms with Gasteiger partial charge in [0.15, 0.2) is 0 Å². The number of likely N-dealkylation sites (tertiary alicyclic amines) is 1. The predicted molar refractivity (Wildman–Crippen MR) is 134 cm³/mol. The SMILES string of the molecule is C=CC=O.CC.CC(=O)N(C)CCOCCOCCOCCOCCC(=O)N1CCC(C)CC1. The van der Waals surface area contributed by atoms with Gasteiger partial charge in [-0.05, 0) is 24.8 Å². The van der Waals surface area contributed by atoms with Gasteiger partial charge in [0.1, 0.15) is 6.29 Å².